The fraction of sp³-hybridized carbons (Fsp3) is 0.917. The summed E-state index contributed by atoms with van der Waals surface area (Å²) in [4.78, 5) is 11.8. The Kier molecular flexibility index (Phi) is 1.75. The van der Waals surface area contributed by atoms with E-state index < -0.39 is 0 Å². The van der Waals surface area contributed by atoms with Gasteiger partial charge in [-0.2, -0.15) is 0 Å². The lowest BCUT2D eigenvalue weighted by Crippen LogP contribution is -2.45. The topological polar surface area (TPSA) is 17.1 Å². The van der Waals surface area contributed by atoms with Gasteiger partial charge in [0, 0.05) is 12.3 Å². The summed E-state index contributed by atoms with van der Waals surface area (Å²) in [6, 6.07) is 0. The molecule has 13 heavy (non-hydrogen) atoms. The SMILES string of the molecule is O=C1CCC[C@H]2C3CCC(CC3)C12. The second-order valence-electron chi connectivity index (χ2n) is 5.22. The number of ketones is 1. The molecule has 0 aliphatic heterocycles. The van der Waals surface area contributed by atoms with Crippen LogP contribution in [0.1, 0.15) is 44.9 Å². The number of rotatable bonds is 0. The van der Waals surface area contributed by atoms with Gasteiger partial charge in [0.1, 0.15) is 5.78 Å². The van der Waals surface area contributed by atoms with Crippen LogP contribution in [0.3, 0.4) is 0 Å². The van der Waals surface area contributed by atoms with Gasteiger partial charge in [-0.25, -0.2) is 0 Å². The van der Waals surface area contributed by atoms with Crippen LogP contribution in [0.25, 0.3) is 0 Å². The van der Waals surface area contributed by atoms with Crippen LogP contribution in [0.15, 0.2) is 0 Å². The zero-order chi connectivity index (χ0) is 8.84. The number of carbonyl (C=O) groups excluding carboxylic acids is 1. The molecular formula is C12H18O. The monoisotopic (exact) mass is 178 g/mol. The van der Waals surface area contributed by atoms with Crippen molar-refractivity contribution in [2.24, 2.45) is 23.7 Å². The molecule has 1 nitrogen and oxygen atoms in total. The Morgan fingerprint density at radius 2 is 1.62 bits per heavy atom. The average molecular weight is 178 g/mol. The minimum atomic E-state index is 0.515. The van der Waals surface area contributed by atoms with Gasteiger partial charge in [0.05, 0.1) is 0 Å². The first-order chi connectivity index (χ1) is 6.36. The first-order valence-electron chi connectivity index (χ1n) is 5.89. The Hall–Kier alpha value is -0.330. The molecule has 4 saturated carbocycles. The van der Waals surface area contributed by atoms with Crippen LogP contribution in [0.4, 0.5) is 0 Å². The molecule has 1 unspecified atom stereocenters. The fourth-order valence-electron chi connectivity index (χ4n) is 4.17. The number of hydrogen-bond acceptors (Lipinski definition) is 1. The van der Waals surface area contributed by atoms with Crippen LogP contribution < -0.4 is 0 Å². The van der Waals surface area contributed by atoms with E-state index in [1.807, 2.05) is 0 Å². The summed E-state index contributed by atoms with van der Waals surface area (Å²) >= 11 is 0. The Morgan fingerprint density at radius 1 is 0.923 bits per heavy atom. The number of Topliss-reactive ketones (excluding diaryl/α,β-unsaturated/α-hetero) is 1. The molecule has 4 aliphatic carbocycles. The maximum absolute atomic E-state index is 11.8. The van der Waals surface area contributed by atoms with Gasteiger partial charge in [-0.3, -0.25) is 4.79 Å². The molecule has 2 atom stereocenters. The lowest BCUT2D eigenvalue weighted by Gasteiger charge is -2.50. The molecule has 0 heterocycles. The Balaban J connectivity index is 1.90. The molecule has 0 N–H and O–H groups in total. The summed E-state index contributed by atoms with van der Waals surface area (Å²) in [6.45, 7) is 0. The molecule has 0 aromatic carbocycles. The number of carbonyl (C=O) groups is 1. The standard InChI is InChI=1S/C12H18O/c13-11-3-1-2-10-8-4-6-9(7-5-8)12(10)11/h8-10,12H,1-7H2/t8?,9?,10-,12?/m0/s1. The van der Waals surface area contributed by atoms with Crippen LogP contribution in [0.5, 0.6) is 0 Å². The second-order valence-corrected chi connectivity index (χ2v) is 5.22. The molecule has 0 radical (unpaired) electrons. The van der Waals surface area contributed by atoms with Gasteiger partial charge in [-0.05, 0) is 56.3 Å². The normalized spacial score (nSPS) is 49.1. The van der Waals surface area contributed by atoms with Gasteiger partial charge in [-0.15, -0.1) is 0 Å². The number of hydrogen-bond donors (Lipinski definition) is 0. The van der Waals surface area contributed by atoms with Crippen LogP contribution >= 0.6 is 0 Å². The summed E-state index contributed by atoms with van der Waals surface area (Å²) in [5.41, 5.74) is 0. The highest BCUT2D eigenvalue weighted by atomic mass is 16.1. The summed E-state index contributed by atoms with van der Waals surface area (Å²) in [5.74, 6) is 3.67. The molecule has 0 aromatic heterocycles. The van der Waals surface area contributed by atoms with Gasteiger partial charge >= 0.3 is 0 Å². The van der Waals surface area contributed by atoms with E-state index >= 15 is 0 Å². The van der Waals surface area contributed by atoms with Crippen molar-refractivity contribution in [3.63, 3.8) is 0 Å². The lowest BCUT2D eigenvalue weighted by molar-refractivity contribution is -0.136. The van der Waals surface area contributed by atoms with E-state index in [1.54, 1.807) is 0 Å². The molecule has 0 aromatic rings. The molecule has 0 spiro atoms. The van der Waals surface area contributed by atoms with Crippen LogP contribution in [-0.4, -0.2) is 5.78 Å². The third kappa shape index (κ3) is 1.09. The fourth-order valence-corrected chi connectivity index (χ4v) is 4.17. The van der Waals surface area contributed by atoms with Crippen molar-refractivity contribution in [2.45, 2.75) is 44.9 Å². The Morgan fingerprint density at radius 3 is 2.31 bits per heavy atom. The van der Waals surface area contributed by atoms with Gasteiger partial charge in [-0.1, -0.05) is 0 Å². The van der Waals surface area contributed by atoms with E-state index in [1.165, 1.54) is 38.5 Å². The minimum absolute atomic E-state index is 0.515. The molecule has 0 saturated heterocycles. The maximum Gasteiger partial charge on any atom is 0.136 e. The molecule has 1 heteroatoms. The van der Waals surface area contributed by atoms with Gasteiger partial charge in [0.25, 0.3) is 0 Å². The zero-order valence-corrected chi connectivity index (χ0v) is 8.17. The molecule has 4 fully saturated rings. The molecular weight excluding hydrogens is 160 g/mol. The van der Waals surface area contributed by atoms with Crippen molar-refractivity contribution < 1.29 is 4.79 Å². The largest absolute Gasteiger partial charge is 0.299 e. The minimum Gasteiger partial charge on any atom is -0.299 e. The molecule has 2 bridgehead atoms. The summed E-state index contributed by atoms with van der Waals surface area (Å²) < 4.78 is 0. The van der Waals surface area contributed by atoms with Gasteiger partial charge in [0.15, 0.2) is 0 Å². The summed E-state index contributed by atoms with van der Waals surface area (Å²) in [7, 11) is 0. The molecule has 4 aliphatic rings. The van der Waals surface area contributed by atoms with Crippen molar-refractivity contribution in [3.8, 4) is 0 Å². The van der Waals surface area contributed by atoms with Crippen LogP contribution in [0.2, 0.25) is 0 Å². The average Bonchev–Trinajstić information content (AvgIpc) is 2.20. The van der Waals surface area contributed by atoms with E-state index in [-0.39, 0.29) is 0 Å². The number of fused-ring (bicyclic) bond motifs is 2. The van der Waals surface area contributed by atoms with Crippen molar-refractivity contribution in [2.75, 3.05) is 0 Å². The van der Waals surface area contributed by atoms with Gasteiger partial charge < -0.3 is 0 Å². The van der Waals surface area contributed by atoms with E-state index in [2.05, 4.69) is 0 Å². The van der Waals surface area contributed by atoms with E-state index in [4.69, 9.17) is 0 Å². The quantitative estimate of drug-likeness (QED) is 0.557. The Labute approximate surface area is 79.9 Å². The third-order valence-electron chi connectivity index (χ3n) is 4.72. The highest BCUT2D eigenvalue weighted by molar-refractivity contribution is 5.82. The molecule has 0 amide bonds. The van der Waals surface area contributed by atoms with Crippen LogP contribution in [-0.2, 0) is 4.79 Å². The predicted octanol–water partition coefficient (Wildman–Crippen LogP) is 2.79. The lowest BCUT2D eigenvalue weighted by atomic mass is 9.54. The third-order valence-corrected chi connectivity index (χ3v) is 4.72. The van der Waals surface area contributed by atoms with E-state index in [0.29, 0.717) is 11.7 Å². The predicted molar refractivity (Wildman–Crippen MR) is 51.3 cm³/mol. The Bertz CT molecular complexity index is 225. The zero-order valence-electron chi connectivity index (χ0n) is 8.17. The summed E-state index contributed by atoms with van der Waals surface area (Å²) in [6.07, 6.45) is 9.01. The van der Waals surface area contributed by atoms with E-state index in [0.717, 1.165) is 24.2 Å². The van der Waals surface area contributed by atoms with Crippen LogP contribution in [0, 0.1) is 23.7 Å². The highest BCUT2D eigenvalue weighted by Gasteiger charge is 2.47. The second kappa shape index (κ2) is 2.83. The first kappa shape index (κ1) is 8.02. The first-order valence-corrected chi connectivity index (χ1v) is 5.89. The molecule has 4 rings (SSSR count). The smallest absolute Gasteiger partial charge is 0.136 e. The van der Waals surface area contributed by atoms with Crippen molar-refractivity contribution in [1.29, 1.82) is 0 Å². The van der Waals surface area contributed by atoms with Gasteiger partial charge in [0.2, 0.25) is 0 Å². The van der Waals surface area contributed by atoms with Crippen molar-refractivity contribution in [3.05, 3.63) is 0 Å². The highest BCUT2D eigenvalue weighted by Crippen LogP contribution is 2.52. The molecule has 72 valence electrons. The van der Waals surface area contributed by atoms with Crippen molar-refractivity contribution >= 4 is 5.78 Å². The summed E-state index contributed by atoms with van der Waals surface area (Å²) in [5, 5.41) is 0. The van der Waals surface area contributed by atoms with Crippen molar-refractivity contribution in [1.82, 2.24) is 0 Å². The maximum atomic E-state index is 11.8. The van der Waals surface area contributed by atoms with E-state index in [9.17, 15) is 4.79 Å².